The predicted octanol–water partition coefficient (Wildman–Crippen LogP) is 6.53. The number of anilines is 1. The highest BCUT2D eigenvalue weighted by Gasteiger charge is 2.51. The number of benzene rings is 2. The lowest BCUT2D eigenvalue weighted by Gasteiger charge is -2.47. The van der Waals surface area contributed by atoms with Crippen LogP contribution in [-0.2, 0) is 15.9 Å². The van der Waals surface area contributed by atoms with Crippen LogP contribution in [0.4, 0.5) is 19.4 Å². The van der Waals surface area contributed by atoms with Crippen molar-refractivity contribution in [1.82, 2.24) is 19.9 Å². The number of hydrogen-bond donors (Lipinski definition) is 1. The number of aliphatic hydroxyl groups is 1. The number of halogens is 2. The molecule has 1 N–H and O–H groups in total. The summed E-state index contributed by atoms with van der Waals surface area (Å²) in [7, 11) is 1.50. The zero-order chi connectivity index (χ0) is 37.2. The van der Waals surface area contributed by atoms with Gasteiger partial charge in [0.1, 0.15) is 34.2 Å². The van der Waals surface area contributed by atoms with E-state index in [1.807, 2.05) is 25.7 Å². The van der Waals surface area contributed by atoms with Crippen molar-refractivity contribution in [1.29, 1.82) is 0 Å². The quantitative estimate of drug-likeness (QED) is 0.159. The van der Waals surface area contributed by atoms with Crippen LogP contribution in [0.3, 0.4) is 0 Å². The molecule has 1 amide bonds. The number of methoxy groups -OCH3 is 1. The Morgan fingerprint density at radius 2 is 1.87 bits per heavy atom. The number of piperazine rings is 1. The van der Waals surface area contributed by atoms with Crippen LogP contribution in [0.15, 0.2) is 24.3 Å². The maximum Gasteiger partial charge on any atom is 0.410 e. The van der Waals surface area contributed by atoms with Crippen LogP contribution in [0.5, 0.6) is 11.8 Å². The van der Waals surface area contributed by atoms with Gasteiger partial charge in [0, 0.05) is 30.0 Å². The summed E-state index contributed by atoms with van der Waals surface area (Å²) >= 11 is 0. The molecule has 4 aliphatic rings. The number of nitrogens with zero attached hydrogens (tertiary/aromatic N) is 5. The highest BCUT2D eigenvalue weighted by molar-refractivity contribution is 6.03. The first kappa shape index (κ1) is 35.2. The van der Waals surface area contributed by atoms with E-state index in [1.54, 1.807) is 25.1 Å². The fourth-order valence-corrected chi connectivity index (χ4v) is 8.15. The fourth-order valence-electron chi connectivity index (χ4n) is 8.15. The first-order chi connectivity index (χ1) is 25.4. The van der Waals surface area contributed by atoms with Crippen LogP contribution in [-0.4, -0.2) is 88.4 Å². The van der Waals surface area contributed by atoms with Crippen LogP contribution in [0, 0.1) is 28.9 Å². The van der Waals surface area contributed by atoms with Crippen LogP contribution in [0.1, 0.15) is 71.1 Å². The molecule has 1 saturated carbocycles. The molecule has 2 bridgehead atoms. The van der Waals surface area contributed by atoms with Crippen molar-refractivity contribution in [2.45, 2.75) is 89.9 Å². The number of carbonyl (C=O) groups is 1. The van der Waals surface area contributed by atoms with E-state index < -0.39 is 17.2 Å². The molecule has 5 heterocycles. The van der Waals surface area contributed by atoms with Crippen molar-refractivity contribution >= 4 is 33.6 Å². The summed E-state index contributed by atoms with van der Waals surface area (Å²) in [6.07, 6.45) is 3.91. The minimum atomic E-state index is -0.723. The Hall–Kier alpha value is -4.80. The highest BCUT2D eigenvalue weighted by atomic mass is 19.1. The van der Waals surface area contributed by atoms with Gasteiger partial charge in [-0.2, -0.15) is 9.97 Å². The summed E-state index contributed by atoms with van der Waals surface area (Å²) in [5.74, 6) is 5.28. The third kappa shape index (κ3) is 6.25. The van der Waals surface area contributed by atoms with Gasteiger partial charge in [0.2, 0.25) is 0 Å². The number of aryl methyl sites for hydroxylation is 1. The van der Waals surface area contributed by atoms with Gasteiger partial charge >= 0.3 is 12.1 Å². The monoisotopic (exact) mass is 727 g/mol. The Labute approximate surface area is 306 Å². The van der Waals surface area contributed by atoms with E-state index in [0.29, 0.717) is 58.4 Å². The molecule has 1 aliphatic carbocycles. The molecule has 0 unspecified atom stereocenters. The second-order valence-corrected chi connectivity index (χ2v) is 15.6. The van der Waals surface area contributed by atoms with E-state index in [0.717, 1.165) is 25.7 Å². The van der Waals surface area contributed by atoms with Gasteiger partial charge in [0.05, 0.1) is 48.0 Å². The normalized spacial score (nSPS) is 21.2. The lowest BCUT2D eigenvalue weighted by molar-refractivity contribution is 0.00720. The second kappa shape index (κ2) is 13.2. The van der Waals surface area contributed by atoms with Crippen molar-refractivity contribution in [2.24, 2.45) is 5.41 Å². The molecule has 4 aromatic rings. The minimum Gasteiger partial charge on any atom is -0.468 e. The van der Waals surface area contributed by atoms with Gasteiger partial charge in [-0.1, -0.05) is 12.0 Å². The van der Waals surface area contributed by atoms with E-state index in [1.165, 1.54) is 13.2 Å². The number of amides is 1. The van der Waals surface area contributed by atoms with Crippen molar-refractivity contribution in [3.05, 3.63) is 47.2 Å². The molecule has 3 aliphatic heterocycles. The van der Waals surface area contributed by atoms with E-state index in [9.17, 15) is 9.90 Å². The summed E-state index contributed by atoms with van der Waals surface area (Å²) in [6.45, 7) is 7.76. The average molecular weight is 728 g/mol. The molecule has 0 spiro atoms. The Kier molecular flexibility index (Phi) is 8.81. The van der Waals surface area contributed by atoms with Gasteiger partial charge in [0.15, 0.2) is 12.6 Å². The molecule has 53 heavy (non-hydrogen) atoms. The molecule has 13 heteroatoms. The molecular formula is C40H43F2N5O6. The summed E-state index contributed by atoms with van der Waals surface area (Å²) in [5.41, 5.74) is -0.0420. The van der Waals surface area contributed by atoms with E-state index in [-0.39, 0.29) is 72.4 Å². The molecule has 0 radical (unpaired) electrons. The van der Waals surface area contributed by atoms with Gasteiger partial charge in [-0.25, -0.2) is 18.6 Å². The zero-order valence-corrected chi connectivity index (χ0v) is 30.6. The lowest BCUT2D eigenvalue weighted by atomic mass is 9.95. The maximum absolute atomic E-state index is 17.5. The molecule has 3 fully saturated rings. The van der Waals surface area contributed by atoms with E-state index in [4.69, 9.17) is 28.9 Å². The number of rotatable bonds is 8. The third-order valence-electron chi connectivity index (χ3n) is 10.9. The van der Waals surface area contributed by atoms with Crippen molar-refractivity contribution in [2.75, 3.05) is 38.6 Å². The number of aliphatic hydroxyl groups excluding tert-OH is 1. The number of hydrogen-bond acceptors (Lipinski definition) is 10. The van der Waals surface area contributed by atoms with Crippen LogP contribution < -0.4 is 14.4 Å². The first-order valence-corrected chi connectivity index (χ1v) is 18.2. The molecule has 278 valence electrons. The predicted molar refractivity (Wildman–Crippen MR) is 194 cm³/mol. The number of aromatic nitrogens is 3. The van der Waals surface area contributed by atoms with Gasteiger partial charge in [-0.3, -0.25) is 4.90 Å². The molecule has 3 atom stereocenters. The zero-order valence-electron chi connectivity index (χ0n) is 30.6. The standard InChI is InChI=1S/C40H43F2N5O6/c1-6-7-25-27(41)10-8-22-16-24(52-21-50-5)17-26(31(22)25)34-33(42)35-32-28(43-34)11-13-29-30-12-9-23(47(30)38(49)53-39(2,3)4)18-46(29)36(32)45-37(44-35)51-20-40(19-48)14-15-40/h8,10,16-17,23,29-30,48H,9,11-15,18-21H2,1-5H3/t23-,29-,30+/m1/s1. The number of carbonyl (C=O) groups excluding carboxylic acids is 1. The van der Waals surface area contributed by atoms with E-state index in [2.05, 4.69) is 21.7 Å². The SMILES string of the molecule is CC#Cc1c(F)ccc2cc(OCOC)cc(-c3nc4c5c(nc(OCC6(CO)CC6)nc5c3F)N3C[C@H]5CC[C@@H]([C@H]3CC4)N5C(=O)OC(C)(C)C)c12. The minimum absolute atomic E-state index is 0.0117. The average Bonchev–Trinajstić information content (AvgIpc) is 3.87. The van der Waals surface area contributed by atoms with Gasteiger partial charge in [-0.05, 0) is 89.8 Å². The van der Waals surface area contributed by atoms with Crippen LogP contribution in [0.2, 0.25) is 0 Å². The summed E-state index contributed by atoms with van der Waals surface area (Å²) in [4.78, 5) is 32.2. The maximum atomic E-state index is 17.5. The summed E-state index contributed by atoms with van der Waals surface area (Å²) in [5, 5.41) is 11.5. The third-order valence-corrected chi connectivity index (χ3v) is 10.9. The molecule has 11 nitrogen and oxygen atoms in total. The molecule has 2 aromatic carbocycles. The molecule has 8 rings (SSSR count). The summed E-state index contributed by atoms with van der Waals surface area (Å²) < 4.78 is 55.9. The number of ether oxygens (including phenoxy) is 4. The lowest BCUT2D eigenvalue weighted by Crippen LogP contribution is -2.62. The number of fused-ring (bicyclic) bond motifs is 6. The largest absolute Gasteiger partial charge is 0.468 e. The molecular weight excluding hydrogens is 684 g/mol. The highest BCUT2D eigenvalue weighted by Crippen LogP contribution is 2.47. The summed E-state index contributed by atoms with van der Waals surface area (Å²) in [6, 6.07) is 5.84. The van der Waals surface area contributed by atoms with Gasteiger partial charge in [0.25, 0.3) is 0 Å². The van der Waals surface area contributed by atoms with Crippen LogP contribution >= 0.6 is 0 Å². The van der Waals surface area contributed by atoms with E-state index >= 15 is 8.78 Å². The second-order valence-electron chi connectivity index (χ2n) is 15.6. The van der Waals surface area contributed by atoms with Crippen molar-refractivity contribution in [3.8, 4) is 34.9 Å². The smallest absolute Gasteiger partial charge is 0.410 e. The Morgan fingerprint density at radius 1 is 1.06 bits per heavy atom. The number of pyridine rings is 1. The van der Waals surface area contributed by atoms with Gasteiger partial charge < -0.3 is 29.0 Å². The first-order valence-electron chi connectivity index (χ1n) is 18.2. The van der Waals surface area contributed by atoms with Crippen LogP contribution in [0.25, 0.3) is 32.9 Å². The Balaban J connectivity index is 1.32. The Bertz CT molecular complexity index is 2190. The fraction of sp³-hybridized carbons (Fsp3) is 0.500. The van der Waals surface area contributed by atoms with Crippen molar-refractivity contribution in [3.63, 3.8) is 0 Å². The Morgan fingerprint density at radius 3 is 2.58 bits per heavy atom. The molecule has 2 aromatic heterocycles. The van der Waals surface area contributed by atoms with Gasteiger partial charge in [-0.15, -0.1) is 5.92 Å². The van der Waals surface area contributed by atoms with Crippen molar-refractivity contribution < 1.29 is 37.6 Å². The molecule has 2 saturated heterocycles. The topological polar surface area (TPSA) is 119 Å².